The monoisotopic (exact) mass is 196 g/mol. The second-order valence-electron chi connectivity index (χ2n) is 3.30. The highest BCUT2D eigenvalue weighted by Crippen LogP contribution is 2.15. The summed E-state index contributed by atoms with van der Waals surface area (Å²) in [4.78, 5) is 11.2. The number of hydrogen-bond acceptors (Lipinski definition) is 3. The average Bonchev–Trinajstić information content (AvgIpc) is 2.52. The van der Waals surface area contributed by atoms with Crippen LogP contribution in [-0.4, -0.2) is 5.97 Å². The van der Waals surface area contributed by atoms with E-state index in [9.17, 15) is 4.79 Å². The van der Waals surface area contributed by atoms with Crippen molar-refractivity contribution < 1.29 is 13.9 Å². The van der Waals surface area contributed by atoms with Crippen LogP contribution in [-0.2, 0) is 4.79 Å². The van der Waals surface area contributed by atoms with Gasteiger partial charge in [-0.05, 0) is 19.4 Å². The van der Waals surface area contributed by atoms with Crippen LogP contribution in [0.5, 0.6) is 5.95 Å². The van der Waals surface area contributed by atoms with Crippen molar-refractivity contribution in [3.8, 4) is 5.95 Å². The Morgan fingerprint density at radius 1 is 1.43 bits per heavy atom. The minimum Gasteiger partial charge on any atom is -0.431 e. The Morgan fingerprint density at radius 3 is 2.79 bits per heavy atom. The van der Waals surface area contributed by atoms with Crippen LogP contribution in [0.15, 0.2) is 16.5 Å². The lowest BCUT2D eigenvalue weighted by Crippen LogP contribution is -2.06. The number of carbonyl (C=O) groups excluding carboxylic acids is 1. The molecule has 1 heterocycles. The molecule has 0 unspecified atom stereocenters. The van der Waals surface area contributed by atoms with Crippen LogP contribution in [0.25, 0.3) is 0 Å². The van der Waals surface area contributed by atoms with E-state index in [2.05, 4.69) is 6.92 Å². The SMILES string of the molecule is CCCCCC(=O)Oc1ccc(C)o1. The van der Waals surface area contributed by atoms with Crippen molar-refractivity contribution in [3.05, 3.63) is 17.9 Å². The quantitative estimate of drug-likeness (QED) is 0.536. The number of aryl methyl sites for hydroxylation is 1. The van der Waals surface area contributed by atoms with Crippen LogP contribution in [0.2, 0.25) is 0 Å². The Morgan fingerprint density at radius 2 is 2.21 bits per heavy atom. The number of furan rings is 1. The highest BCUT2D eigenvalue weighted by molar-refractivity contribution is 5.71. The molecule has 1 aromatic rings. The van der Waals surface area contributed by atoms with Gasteiger partial charge in [0, 0.05) is 12.5 Å². The molecule has 0 atom stereocenters. The van der Waals surface area contributed by atoms with E-state index in [4.69, 9.17) is 9.15 Å². The van der Waals surface area contributed by atoms with Gasteiger partial charge in [0.25, 0.3) is 5.95 Å². The van der Waals surface area contributed by atoms with Gasteiger partial charge in [-0.15, -0.1) is 0 Å². The molecule has 0 saturated heterocycles. The molecular formula is C11H16O3. The summed E-state index contributed by atoms with van der Waals surface area (Å²) in [5, 5.41) is 0. The smallest absolute Gasteiger partial charge is 0.313 e. The Labute approximate surface area is 84.1 Å². The lowest BCUT2D eigenvalue weighted by molar-refractivity contribution is -0.135. The van der Waals surface area contributed by atoms with E-state index in [0.717, 1.165) is 25.0 Å². The molecule has 0 aromatic carbocycles. The molecule has 0 aliphatic rings. The van der Waals surface area contributed by atoms with E-state index in [1.807, 2.05) is 6.92 Å². The third-order valence-corrected chi connectivity index (χ3v) is 1.91. The molecule has 0 fully saturated rings. The number of ether oxygens (including phenoxy) is 1. The van der Waals surface area contributed by atoms with Crippen molar-refractivity contribution >= 4 is 5.97 Å². The number of carbonyl (C=O) groups is 1. The Bertz CT molecular complexity index is 288. The summed E-state index contributed by atoms with van der Waals surface area (Å²) in [6.45, 7) is 3.91. The molecule has 1 rings (SSSR count). The summed E-state index contributed by atoms with van der Waals surface area (Å²) in [5.74, 6) is 0.832. The van der Waals surface area contributed by atoms with E-state index in [0.29, 0.717) is 12.4 Å². The first-order valence-corrected chi connectivity index (χ1v) is 4.99. The second kappa shape index (κ2) is 5.47. The Balaban J connectivity index is 2.27. The summed E-state index contributed by atoms with van der Waals surface area (Å²) in [6.07, 6.45) is 3.52. The molecule has 1 aromatic heterocycles. The van der Waals surface area contributed by atoms with Crippen molar-refractivity contribution in [1.29, 1.82) is 0 Å². The number of rotatable bonds is 5. The van der Waals surface area contributed by atoms with Crippen LogP contribution >= 0.6 is 0 Å². The molecule has 3 heteroatoms. The fourth-order valence-electron chi connectivity index (χ4n) is 1.15. The Hall–Kier alpha value is -1.25. The summed E-state index contributed by atoms with van der Waals surface area (Å²) in [6, 6.07) is 3.43. The number of unbranched alkanes of at least 4 members (excludes halogenated alkanes) is 2. The molecule has 0 aliphatic carbocycles. The van der Waals surface area contributed by atoms with E-state index in [1.54, 1.807) is 12.1 Å². The van der Waals surface area contributed by atoms with Gasteiger partial charge in [0.1, 0.15) is 5.76 Å². The molecule has 0 radical (unpaired) electrons. The number of esters is 1. The van der Waals surface area contributed by atoms with Crippen LogP contribution in [0.1, 0.15) is 38.4 Å². The maximum atomic E-state index is 11.2. The van der Waals surface area contributed by atoms with Gasteiger partial charge in [-0.3, -0.25) is 4.79 Å². The molecule has 0 aliphatic heterocycles. The highest BCUT2D eigenvalue weighted by atomic mass is 16.6. The van der Waals surface area contributed by atoms with Crippen LogP contribution < -0.4 is 4.74 Å². The highest BCUT2D eigenvalue weighted by Gasteiger charge is 2.06. The predicted molar refractivity (Wildman–Crippen MR) is 53.2 cm³/mol. The minimum absolute atomic E-state index is 0.215. The van der Waals surface area contributed by atoms with Gasteiger partial charge in [0.15, 0.2) is 0 Å². The molecule has 0 spiro atoms. The van der Waals surface area contributed by atoms with Crippen LogP contribution in [0, 0.1) is 6.92 Å². The normalized spacial score (nSPS) is 10.1. The van der Waals surface area contributed by atoms with E-state index >= 15 is 0 Å². The van der Waals surface area contributed by atoms with Gasteiger partial charge in [-0.25, -0.2) is 0 Å². The first kappa shape index (κ1) is 10.8. The van der Waals surface area contributed by atoms with Crippen molar-refractivity contribution in [2.75, 3.05) is 0 Å². The van der Waals surface area contributed by atoms with Gasteiger partial charge in [-0.1, -0.05) is 19.8 Å². The van der Waals surface area contributed by atoms with Crippen LogP contribution in [0.3, 0.4) is 0 Å². The first-order chi connectivity index (χ1) is 6.72. The van der Waals surface area contributed by atoms with Gasteiger partial charge < -0.3 is 9.15 Å². The van der Waals surface area contributed by atoms with Gasteiger partial charge >= 0.3 is 5.97 Å². The predicted octanol–water partition coefficient (Wildman–Crippen LogP) is 3.07. The zero-order valence-corrected chi connectivity index (χ0v) is 8.71. The average molecular weight is 196 g/mol. The van der Waals surface area contributed by atoms with Crippen molar-refractivity contribution in [3.63, 3.8) is 0 Å². The molecule has 14 heavy (non-hydrogen) atoms. The van der Waals surface area contributed by atoms with Crippen molar-refractivity contribution in [2.24, 2.45) is 0 Å². The molecule has 3 nitrogen and oxygen atoms in total. The molecule has 0 saturated carbocycles. The van der Waals surface area contributed by atoms with Gasteiger partial charge in [0.05, 0.1) is 0 Å². The molecular weight excluding hydrogens is 180 g/mol. The van der Waals surface area contributed by atoms with E-state index < -0.39 is 0 Å². The fraction of sp³-hybridized carbons (Fsp3) is 0.545. The Kier molecular flexibility index (Phi) is 4.23. The van der Waals surface area contributed by atoms with E-state index in [-0.39, 0.29) is 5.97 Å². The summed E-state index contributed by atoms with van der Waals surface area (Å²) in [5.41, 5.74) is 0. The summed E-state index contributed by atoms with van der Waals surface area (Å²) in [7, 11) is 0. The zero-order valence-electron chi connectivity index (χ0n) is 8.71. The largest absolute Gasteiger partial charge is 0.431 e. The minimum atomic E-state index is -0.215. The summed E-state index contributed by atoms with van der Waals surface area (Å²) < 4.78 is 10.1. The first-order valence-electron chi connectivity index (χ1n) is 4.99. The molecule has 0 amide bonds. The summed E-state index contributed by atoms with van der Waals surface area (Å²) >= 11 is 0. The van der Waals surface area contributed by atoms with Crippen molar-refractivity contribution in [1.82, 2.24) is 0 Å². The van der Waals surface area contributed by atoms with E-state index in [1.165, 1.54) is 0 Å². The fourth-order valence-corrected chi connectivity index (χ4v) is 1.15. The topological polar surface area (TPSA) is 39.4 Å². The third kappa shape index (κ3) is 3.64. The molecule has 0 bridgehead atoms. The second-order valence-corrected chi connectivity index (χ2v) is 3.30. The van der Waals surface area contributed by atoms with Gasteiger partial charge in [-0.2, -0.15) is 0 Å². The third-order valence-electron chi connectivity index (χ3n) is 1.91. The zero-order chi connectivity index (χ0) is 10.4. The standard InChI is InChI=1S/C11H16O3/c1-3-4-5-6-10(12)14-11-8-7-9(2)13-11/h7-8H,3-6H2,1-2H3. The number of hydrogen-bond donors (Lipinski definition) is 0. The lowest BCUT2D eigenvalue weighted by atomic mass is 10.2. The molecule has 78 valence electrons. The van der Waals surface area contributed by atoms with Gasteiger partial charge in [0.2, 0.25) is 0 Å². The van der Waals surface area contributed by atoms with Crippen molar-refractivity contribution in [2.45, 2.75) is 39.5 Å². The maximum absolute atomic E-state index is 11.2. The maximum Gasteiger partial charge on any atom is 0.313 e. The lowest BCUT2D eigenvalue weighted by Gasteiger charge is -1.99. The molecule has 0 N–H and O–H groups in total. The van der Waals surface area contributed by atoms with Crippen LogP contribution in [0.4, 0.5) is 0 Å².